The summed E-state index contributed by atoms with van der Waals surface area (Å²) in [5, 5.41) is 6.23. The van der Waals surface area contributed by atoms with Gasteiger partial charge < -0.3 is 20.4 Å². The van der Waals surface area contributed by atoms with Crippen molar-refractivity contribution >= 4 is 35.1 Å². The van der Waals surface area contributed by atoms with Crippen molar-refractivity contribution in [1.82, 2.24) is 15.1 Å². The van der Waals surface area contributed by atoms with Crippen LogP contribution in [0.4, 0.5) is 10.5 Å². The summed E-state index contributed by atoms with van der Waals surface area (Å²) in [5.74, 6) is 0.782. The number of anilines is 1. The molecule has 188 valence electrons. The summed E-state index contributed by atoms with van der Waals surface area (Å²) < 4.78 is 0. The molecule has 1 aromatic rings. The molecule has 1 saturated heterocycles. The maximum atomic E-state index is 13.4. The highest BCUT2D eigenvalue weighted by atomic mass is 35.5. The summed E-state index contributed by atoms with van der Waals surface area (Å²) in [6.45, 7) is 7.50. The maximum Gasteiger partial charge on any atom is 0.319 e. The summed E-state index contributed by atoms with van der Waals surface area (Å²) in [5.41, 5.74) is 0.607. The predicted molar refractivity (Wildman–Crippen MR) is 136 cm³/mol. The van der Waals surface area contributed by atoms with Crippen molar-refractivity contribution in [3.05, 3.63) is 29.3 Å². The van der Waals surface area contributed by atoms with Gasteiger partial charge in [0.25, 0.3) is 0 Å². The van der Waals surface area contributed by atoms with Crippen LogP contribution in [0.3, 0.4) is 0 Å². The van der Waals surface area contributed by atoms with Crippen LogP contribution in [0.15, 0.2) is 24.3 Å². The number of urea groups is 1. The lowest BCUT2D eigenvalue weighted by Gasteiger charge is -2.41. The molecule has 0 bridgehead atoms. The monoisotopic (exact) mass is 490 g/mol. The second-order valence-electron chi connectivity index (χ2n) is 9.88. The molecule has 1 aliphatic carbocycles. The first-order chi connectivity index (χ1) is 16.3. The number of carbonyl (C=O) groups is 3. The fourth-order valence-corrected chi connectivity index (χ4v) is 5.15. The van der Waals surface area contributed by atoms with E-state index in [1.165, 1.54) is 25.7 Å². The topological polar surface area (TPSA) is 81.8 Å². The van der Waals surface area contributed by atoms with Crippen molar-refractivity contribution in [1.29, 1.82) is 0 Å². The Morgan fingerprint density at radius 1 is 1.12 bits per heavy atom. The van der Waals surface area contributed by atoms with Gasteiger partial charge in [-0.15, -0.1) is 0 Å². The predicted octanol–water partition coefficient (Wildman–Crippen LogP) is 4.91. The molecule has 34 heavy (non-hydrogen) atoms. The number of benzene rings is 1. The molecule has 0 radical (unpaired) electrons. The Morgan fingerprint density at radius 3 is 2.41 bits per heavy atom. The number of piperazine rings is 1. The third kappa shape index (κ3) is 7.11. The highest BCUT2D eigenvalue weighted by Crippen LogP contribution is 2.29. The molecule has 0 spiro atoms. The van der Waals surface area contributed by atoms with Gasteiger partial charge in [0.1, 0.15) is 6.04 Å². The van der Waals surface area contributed by atoms with Crippen molar-refractivity contribution in [3.63, 3.8) is 0 Å². The molecule has 2 fully saturated rings. The van der Waals surface area contributed by atoms with Gasteiger partial charge in [0, 0.05) is 42.8 Å². The van der Waals surface area contributed by atoms with Gasteiger partial charge in [0.15, 0.2) is 0 Å². The fraction of sp³-hybridized carbons (Fsp3) is 0.654. The summed E-state index contributed by atoms with van der Waals surface area (Å²) in [6, 6.07) is 5.74. The van der Waals surface area contributed by atoms with Crippen LogP contribution in [0, 0.1) is 11.8 Å². The zero-order valence-corrected chi connectivity index (χ0v) is 21.4. The average Bonchev–Trinajstić information content (AvgIpc) is 3.35. The van der Waals surface area contributed by atoms with E-state index in [-0.39, 0.29) is 23.8 Å². The molecule has 2 aliphatic rings. The van der Waals surface area contributed by atoms with Crippen LogP contribution in [0.2, 0.25) is 5.02 Å². The first-order valence-electron chi connectivity index (χ1n) is 12.7. The molecule has 3 unspecified atom stereocenters. The lowest BCUT2D eigenvalue weighted by molar-refractivity contribution is -0.144. The molecular weight excluding hydrogens is 452 g/mol. The van der Waals surface area contributed by atoms with E-state index in [4.69, 9.17) is 11.6 Å². The van der Waals surface area contributed by atoms with Crippen LogP contribution in [0.5, 0.6) is 0 Å². The van der Waals surface area contributed by atoms with Crippen molar-refractivity contribution in [2.75, 3.05) is 25.0 Å². The van der Waals surface area contributed by atoms with E-state index in [9.17, 15) is 14.4 Å². The van der Waals surface area contributed by atoms with E-state index in [1.807, 2.05) is 25.7 Å². The van der Waals surface area contributed by atoms with Crippen LogP contribution in [0.1, 0.15) is 65.7 Å². The second-order valence-corrected chi connectivity index (χ2v) is 10.3. The number of hydrogen-bond acceptors (Lipinski definition) is 3. The van der Waals surface area contributed by atoms with E-state index in [0.717, 1.165) is 12.8 Å². The molecule has 1 heterocycles. The first-order valence-corrected chi connectivity index (χ1v) is 13.1. The smallest absolute Gasteiger partial charge is 0.319 e. The Balaban J connectivity index is 1.55. The Bertz CT molecular complexity index is 841. The summed E-state index contributed by atoms with van der Waals surface area (Å²) in [4.78, 5) is 42.6. The van der Waals surface area contributed by atoms with Gasteiger partial charge in [-0.1, -0.05) is 57.6 Å². The number of rotatable bonds is 8. The quantitative estimate of drug-likeness (QED) is 0.543. The van der Waals surface area contributed by atoms with Crippen LogP contribution in [-0.4, -0.2) is 59.4 Å². The normalized spacial score (nSPS) is 20.6. The van der Waals surface area contributed by atoms with Crippen LogP contribution >= 0.6 is 11.6 Å². The summed E-state index contributed by atoms with van der Waals surface area (Å²) >= 11 is 5.91. The lowest BCUT2D eigenvalue weighted by Crippen LogP contribution is -2.60. The molecule has 1 aromatic carbocycles. The molecule has 0 aromatic heterocycles. The summed E-state index contributed by atoms with van der Waals surface area (Å²) in [7, 11) is 0. The van der Waals surface area contributed by atoms with E-state index < -0.39 is 12.1 Å². The largest absolute Gasteiger partial charge is 0.337 e. The minimum Gasteiger partial charge on any atom is -0.337 e. The van der Waals surface area contributed by atoms with Gasteiger partial charge in [-0.2, -0.15) is 0 Å². The molecule has 2 N–H and O–H groups in total. The number of hydrogen-bond donors (Lipinski definition) is 2. The standard InChI is InChI=1S/C26H39ClN4O3/c1-4-18(2)24(29-26(34)28-22-12-10-21(27)11-13-22)25(33)30-15-16-31(19(3)17-30)23(32)14-9-20-7-5-6-8-20/h10-13,18-20,24H,4-9,14-17H2,1-3H3,(H2,28,29,34). The van der Waals surface area contributed by atoms with Gasteiger partial charge in [-0.3, -0.25) is 9.59 Å². The van der Waals surface area contributed by atoms with Crippen molar-refractivity contribution < 1.29 is 14.4 Å². The minimum atomic E-state index is -0.630. The van der Waals surface area contributed by atoms with E-state index in [2.05, 4.69) is 10.6 Å². The minimum absolute atomic E-state index is 0.0233. The average molecular weight is 491 g/mol. The number of amides is 4. The molecule has 3 atom stereocenters. The zero-order chi connectivity index (χ0) is 24.7. The zero-order valence-electron chi connectivity index (χ0n) is 20.7. The van der Waals surface area contributed by atoms with E-state index in [1.54, 1.807) is 29.2 Å². The number of carbonyl (C=O) groups excluding carboxylic acids is 3. The van der Waals surface area contributed by atoms with Gasteiger partial charge in [-0.05, 0) is 49.4 Å². The van der Waals surface area contributed by atoms with Crippen molar-refractivity contribution in [2.24, 2.45) is 11.8 Å². The third-order valence-corrected chi connectivity index (χ3v) is 7.62. The van der Waals surface area contributed by atoms with Crippen LogP contribution < -0.4 is 10.6 Å². The van der Waals surface area contributed by atoms with Gasteiger partial charge in [-0.25, -0.2) is 4.79 Å². The van der Waals surface area contributed by atoms with Gasteiger partial charge in [0.2, 0.25) is 11.8 Å². The van der Waals surface area contributed by atoms with Crippen LogP contribution in [-0.2, 0) is 9.59 Å². The third-order valence-electron chi connectivity index (χ3n) is 7.37. The highest BCUT2D eigenvalue weighted by Gasteiger charge is 2.35. The van der Waals surface area contributed by atoms with Gasteiger partial charge >= 0.3 is 6.03 Å². The lowest BCUT2D eigenvalue weighted by atomic mass is 9.97. The number of nitrogens with one attached hydrogen (secondary N) is 2. The number of halogens is 1. The Hall–Kier alpha value is -2.28. The Kier molecular flexibility index (Phi) is 9.63. The van der Waals surface area contributed by atoms with E-state index >= 15 is 0 Å². The summed E-state index contributed by atoms with van der Waals surface area (Å²) in [6.07, 6.45) is 7.42. The Labute approximate surface area is 208 Å². The van der Waals surface area contributed by atoms with Crippen LogP contribution in [0.25, 0.3) is 0 Å². The molecule has 1 aliphatic heterocycles. The molecule has 7 nitrogen and oxygen atoms in total. The first kappa shape index (κ1) is 26.3. The molecule has 1 saturated carbocycles. The van der Waals surface area contributed by atoms with Crippen molar-refractivity contribution in [2.45, 2.75) is 77.8 Å². The second kappa shape index (κ2) is 12.4. The maximum absolute atomic E-state index is 13.4. The molecular formula is C26H39ClN4O3. The van der Waals surface area contributed by atoms with E-state index in [0.29, 0.717) is 42.7 Å². The number of nitrogens with zero attached hydrogens (tertiary/aromatic N) is 2. The highest BCUT2D eigenvalue weighted by molar-refractivity contribution is 6.30. The Morgan fingerprint density at radius 2 is 1.79 bits per heavy atom. The van der Waals surface area contributed by atoms with Crippen molar-refractivity contribution in [3.8, 4) is 0 Å². The fourth-order valence-electron chi connectivity index (χ4n) is 5.02. The van der Waals surface area contributed by atoms with Gasteiger partial charge in [0.05, 0.1) is 0 Å². The molecule has 4 amide bonds. The molecule has 3 rings (SSSR count). The molecule has 8 heteroatoms. The SMILES string of the molecule is CCC(C)C(NC(=O)Nc1ccc(Cl)cc1)C(=O)N1CCN(C(=O)CCC2CCCC2)C(C)C1.